The Morgan fingerprint density at radius 3 is 3.03 bits per heavy atom. The van der Waals surface area contributed by atoms with Crippen LogP contribution >= 0.6 is 11.3 Å². The number of aliphatic hydroxyl groups excluding tert-OH is 1. The molecule has 0 saturated carbocycles. The molecule has 2 aromatic rings. The Labute approximate surface area is 200 Å². The molecule has 12 nitrogen and oxygen atoms in total. The molecule has 1 saturated heterocycles. The summed E-state index contributed by atoms with van der Waals surface area (Å²) < 4.78 is 10.0. The van der Waals surface area contributed by atoms with Crippen LogP contribution < -0.4 is 16.0 Å². The molecule has 1 atom stereocenters. The normalized spacial score (nSPS) is 16.6. The van der Waals surface area contributed by atoms with Crippen LogP contribution in [0.5, 0.6) is 0 Å². The Morgan fingerprint density at radius 2 is 2.26 bits per heavy atom. The number of ether oxygens (including phenoxy) is 2. The molecule has 0 spiro atoms. The van der Waals surface area contributed by atoms with E-state index in [2.05, 4.69) is 42.4 Å². The van der Waals surface area contributed by atoms with Gasteiger partial charge in [-0.2, -0.15) is 0 Å². The highest BCUT2D eigenvalue weighted by atomic mass is 32.1. The van der Waals surface area contributed by atoms with E-state index in [9.17, 15) is 14.7 Å². The Hall–Kier alpha value is -3.13. The number of carbonyl (C=O) groups is 2. The van der Waals surface area contributed by atoms with E-state index < -0.39 is 12.2 Å². The molecule has 2 aliphatic rings. The number of rotatable bonds is 10. The van der Waals surface area contributed by atoms with Gasteiger partial charge in [-0.15, -0.1) is 11.3 Å². The molecule has 34 heavy (non-hydrogen) atoms. The van der Waals surface area contributed by atoms with E-state index >= 15 is 0 Å². The van der Waals surface area contributed by atoms with Crippen LogP contribution in [-0.4, -0.2) is 88.6 Å². The third-order valence-electron chi connectivity index (χ3n) is 5.20. The van der Waals surface area contributed by atoms with Gasteiger partial charge in [-0.05, 0) is 6.42 Å². The number of carbonyl (C=O) groups excluding carboxylic acids is 2. The van der Waals surface area contributed by atoms with Crippen LogP contribution in [0.2, 0.25) is 0 Å². The lowest BCUT2D eigenvalue weighted by Crippen LogP contribution is -2.42. The van der Waals surface area contributed by atoms with Gasteiger partial charge in [0.2, 0.25) is 0 Å². The number of fused-ring (bicyclic) bond motifs is 1. The molecule has 2 aromatic heterocycles. The predicted molar refractivity (Wildman–Crippen MR) is 125 cm³/mol. The van der Waals surface area contributed by atoms with E-state index in [1.54, 1.807) is 6.07 Å². The number of anilines is 2. The standard InChI is InChI=1S/C21H27N7O5S/c1-2-5-33-21(31)27-20-26-16-9-28(4-3-17(16)34-20)8-14(29)7-22-19(30)15-6-18(24-12-23-15)25-13-10-32-11-13/h2,6,12-14,29H,1,3-5,7-11H2,(H,22,30)(H,23,24,25)(H,26,27,31)/t14-/m0/s1. The van der Waals surface area contributed by atoms with Crippen LogP contribution in [-0.2, 0) is 22.4 Å². The van der Waals surface area contributed by atoms with Gasteiger partial charge in [-0.1, -0.05) is 12.7 Å². The molecular formula is C21H27N7O5S. The monoisotopic (exact) mass is 489 g/mol. The van der Waals surface area contributed by atoms with Gasteiger partial charge >= 0.3 is 6.09 Å². The molecular weight excluding hydrogens is 462 g/mol. The van der Waals surface area contributed by atoms with E-state index in [-0.39, 0.29) is 30.8 Å². The van der Waals surface area contributed by atoms with Crippen LogP contribution in [0, 0.1) is 0 Å². The fourth-order valence-electron chi connectivity index (χ4n) is 3.47. The van der Waals surface area contributed by atoms with E-state index in [4.69, 9.17) is 9.47 Å². The van der Waals surface area contributed by atoms with Crippen LogP contribution in [0.15, 0.2) is 25.0 Å². The zero-order valence-corrected chi connectivity index (χ0v) is 19.3. The third kappa shape index (κ3) is 6.47. The average molecular weight is 490 g/mol. The minimum atomic E-state index is -0.762. The Kier molecular flexibility index (Phi) is 8.00. The lowest BCUT2D eigenvalue weighted by molar-refractivity contribution is 0.0209. The second-order valence-corrected chi connectivity index (χ2v) is 9.00. The molecule has 0 bridgehead atoms. The van der Waals surface area contributed by atoms with Gasteiger partial charge in [0.1, 0.15) is 24.4 Å². The fraction of sp³-hybridized carbons (Fsp3) is 0.476. The third-order valence-corrected chi connectivity index (χ3v) is 6.28. The Balaban J connectivity index is 1.22. The first kappa shape index (κ1) is 24.0. The number of nitrogens with zero attached hydrogens (tertiary/aromatic N) is 4. The SMILES string of the molecule is C=CCOC(=O)Nc1nc2c(s1)CCN(C[C@@H](O)CNC(=O)c1cc(NC3COC3)ncn1)C2. The van der Waals surface area contributed by atoms with E-state index in [1.807, 2.05) is 0 Å². The summed E-state index contributed by atoms with van der Waals surface area (Å²) in [6.45, 7) is 6.60. The number of thiazole rings is 1. The zero-order valence-electron chi connectivity index (χ0n) is 18.5. The first-order valence-corrected chi connectivity index (χ1v) is 11.7. The van der Waals surface area contributed by atoms with E-state index in [0.29, 0.717) is 37.3 Å². The second-order valence-electron chi connectivity index (χ2n) is 7.92. The van der Waals surface area contributed by atoms with Crippen molar-refractivity contribution in [2.45, 2.75) is 25.1 Å². The highest BCUT2D eigenvalue weighted by Crippen LogP contribution is 2.28. The summed E-state index contributed by atoms with van der Waals surface area (Å²) in [5, 5.41) is 19.4. The van der Waals surface area contributed by atoms with Gasteiger partial charge in [0.05, 0.1) is 31.1 Å². The predicted octanol–water partition coefficient (Wildman–Crippen LogP) is 0.627. The molecule has 1 fully saturated rings. The number of aromatic nitrogens is 3. The second kappa shape index (κ2) is 11.3. The van der Waals surface area contributed by atoms with Crippen molar-refractivity contribution < 1.29 is 24.2 Å². The van der Waals surface area contributed by atoms with Crippen LogP contribution in [0.4, 0.5) is 15.7 Å². The molecule has 4 N–H and O–H groups in total. The van der Waals surface area contributed by atoms with Gasteiger partial charge in [0.25, 0.3) is 5.91 Å². The molecule has 2 aliphatic heterocycles. The van der Waals surface area contributed by atoms with Gasteiger partial charge in [0, 0.05) is 37.1 Å². The van der Waals surface area contributed by atoms with Crippen molar-refractivity contribution >= 4 is 34.3 Å². The number of β-amino-alcohol motifs (C(OH)–C–C–N with tert-alkyl or cyclic N) is 1. The number of hydrogen-bond acceptors (Lipinski definition) is 11. The van der Waals surface area contributed by atoms with Crippen molar-refractivity contribution in [2.75, 3.05) is 50.1 Å². The number of aliphatic hydroxyl groups is 1. The van der Waals surface area contributed by atoms with Crippen molar-refractivity contribution in [3.05, 3.63) is 41.3 Å². The lowest BCUT2D eigenvalue weighted by atomic mass is 10.1. The minimum Gasteiger partial charge on any atom is -0.445 e. The molecule has 0 unspecified atom stereocenters. The highest BCUT2D eigenvalue weighted by Gasteiger charge is 2.24. The number of hydrogen-bond donors (Lipinski definition) is 4. The van der Waals surface area contributed by atoms with Crippen molar-refractivity contribution in [2.24, 2.45) is 0 Å². The van der Waals surface area contributed by atoms with E-state index in [0.717, 1.165) is 23.5 Å². The highest BCUT2D eigenvalue weighted by molar-refractivity contribution is 7.15. The van der Waals surface area contributed by atoms with Crippen molar-refractivity contribution in [1.29, 1.82) is 0 Å². The first-order chi connectivity index (χ1) is 16.5. The number of nitrogens with one attached hydrogen (secondary N) is 3. The molecule has 182 valence electrons. The van der Waals surface area contributed by atoms with Crippen molar-refractivity contribution in [1.82, 2.24) is 25.2 Å². The molecule has 0 radical (unpaired) electrons. The molecule has 13 heteroatoms. The molecule has 4 rings (SSSR count). The van der Waals surface area contributed by atoms with Gasteiger partial charge in [-0.3, -0.25) is 15.0 Å². The maximum Gasteiger partial charge on any atom is 0.413 e. The van der Waals surface area contributed by atoms with Crippen molar-refractivity contribution in [3.63, 3.8) is 0 Å². The number of amides is 2. The summed E-state index contributed by atoms with van der Waals surface area (Å²) in [5.74, 6) is 0.179. The topological polar surface area (TPSA) is 151 Å². The van der Waals surface area contributed by atoms with Crippen LogP contribution in [0.3, 0.4) is 0 Å². The summed E-state index contributed by atoms with van der Waals surface area (Å²) in [6.07, 6.45) is 2.25. The summed E-state index contributed by atoms with van der Waals surface area (Å²) in [5.41, 5.74) is 1.09. The van der Waals surface area contributed by atoms with Crippen LogP contribution in [0.1, 0.15) is 21.1 Å². The first-order valence-electron chi connectivity index (χ1n) is 10.9. The molecule has 0 aliphatic carbocycles. The lowest BCUT2D eigenvalue weighted by Gasteiger charge is -2.28. The van der Waals surface area contributed by atoms with E-state index in [1.165, 1.54) is 23.7 Å². The summed E-state index contributed by atoms with van der Waals surface area (Å²) in [6, 6.07) is 1.76. The zero-order chi connectivity index (χ0) is 23.9. The summed E-state index contributed by atoms with van der Waals surface area (Å²) >= 11 is 1.42. The summed E-state index contributed by atoms with van der Waals surface area (Å²) in [4.78, 5) is 39.9. The largest absolute Gasteiger partial charge is 0.445 e. The molecule has 4 heterocycles. The fourth-order valence-corrected chi connectivity index (χ4v) is 4.42. The van der Waals surface area contributed by atoms with Gasteiger partial charge in [0.15, 0.2) is 5.13 Å². The quantitative estimate of drug-likeness (QED) is 0.350. The smallest absolute Gasteiger partial charge is 0.413 e. The Bertz CT molecular complexity index is 1030. The summed E-state index contributed by atoms with van der Waals surface area (Å²) in [7, 11) is 0. The molecule has 0 aromatic carbocycles. The average Bonchev–Trinajstić information content (AvgIpc) is 3.20. The Morgan fingerprint density at radius 1 is 1.41 bits per heavy atom. The minimum absolute atomic E-state index is 0.0877. The molecule has 2 amide bonds. The van der Waals surface area contributed by atoms with Crippen molar-refractivity contribution in [3.8, 4) is 0 Å². The maximum atomic E-state index is 12.4. The van der Waals surface area contributed by atoms with Gasteiger partial charge in [-0.25, -0.2) is 19.7 Å². The van der Waals surface area contributed by atoms with Gasteiger partial charge < -0.3 is 25.2 Å². The maximum absolute atomic E-state index is 12.4. The van der Waals surface area contributed by atoms with Crippen LogP contribution in [0.25, 0.3) is 0 Å².